The monoisotopic (exact) mass is 164 g/mol. The van der Waals surface area contributed by atoms with Gasteiger partial charge in [0, 0.05) is 12.4 Å². The zero-order valence-corrected chi connectivity index (χ0v) is 6.55. The molecule has 0 aliphatic rings. The van der Waals surface area contributed by atoms with Crippen molar-refractivity contribution in [2.24, 2.45) is 0 Å². The van der Waals surface area contributed by atoms with E-state index in [1.807, 2.05) is 0 Å². The third kappa shape index (κ3) is 0.849. The van der Waals surface area contributed by atoms with E-state index in [9.17, 15) is 0 Å². The number of hydrogen-bond acceptors (Lipinski definition) is 4. The van der Waals surface area contributed by atoms with E-state index in [4.69, 9.17) is 5.84 Å². The fourth-order valence-corrected chi connectivity index (χ4v) is 0.901. The van der Waals surface area contributed by atoms with E-state index in [0.717, 1.165) is 0 Å². The van der Waals surface area contributed by atoms with Gasteiger partial charge in [0.1, 0.15) is 0 Å². The largest absolute Gasteiger partial charge is 0.335 e. The van der Waals surface area contributed by atoms with Crippen LogP contribution in [0.25, 0.3) is 5.95 Å². The summed E-state index contributed by atoms with van der Waals surface area (Å²) < 4.78 is 2.94. The van der Waals surface area contributed by atoms with Crippen LogP contribution in [-0.2, 0) is 0 Å². The van der Waals surface area contributed by atoms with Crippen LogP contribution in [0.5, 0.6) is 0 Å². The van der Waals surface area contributed by atoms with Crippen LogP contribution in [0.2, 0.25) is 0 Å². The Balaban J connectivity index is 2.55. The van der Waals surface area contributed by atoms with Crippen molar-refractivity contribution in [2.45, 2.75) is 6.92 Å². The van der Waals surface area contributed by atoms with Gasteiger partial charge in [0.15, 0.2) is 5.82 Å². The lowest BCUT2D eigenvalue weighted by Gasteiger charge is -1.98. The molecule has 0 aromatic carbocycles. The third-order valence-corrected chi connectivity index (χ3v) is 1.56. The molecule has 62 valence electrons. The molecule has 0 radical (unpaired) electrons. The smallest absolute Gasteiger partial charge is 0.270 e. The number of nitrogens with two attached hydrogens (primary N) is 1. The molecule has 2 heterocycles. The number of hydrogen-bond donors (Lipinski definition) is 1. The first-order valence-electron chi connectivity index (χ1n) is 3.46. The summed E-state index contributed by atoms with van der Waals surface area (Å²) in [7, 11) is 0. The molecule has 0 bridgehead atoms. The highest BCUT2D eigenvalue weighted by Crippen LogP contribution is 2.00. The number of rotatable bonds is 1. The predicted octanol–water partition coefficient (Wildman–Crippen LogP) is -0.514. The maximum atomic E-state index is 5.62. The molecule has 0 unspecified atom stereocenters. The Hall–Kier alpha value is -1.85. The first kappa shape index (κ1) is 6.84. The molecule has 0 amide bonds. The second-order valence-electron chi connectivity index (χ2n) is 2.37. The molecule has 2 N–H and O–H groups in total. The first-order valence-corrected chi connectivity index (χ1v) is 3.46. The highest BCUT2D eigenvalue weighted by Gasteiger charge is 2.06. The first-order chi connectivity index (χ1) is 5.79. The van der Waals surface area contributed by atoms with Gasteiger partial charge in [-0.1, -0.05) is 0 Å². The summed E-state index contributed by atoms with van der Waals surface area (Å²) >= 11 is 0. The van der Waals surface area contributed by atoms with E-state index in [1.54, 1.807) is 30.1 Å². The summed E-state index contributed by atoms with van der Waals surface area (Å²) in [6, 6.07) is 1.80. The molecule has 2 rings (SSSR count). The Morgan fingerprint density at radius 1 is 1.42 bits per heavy atom. The van der Waals surface area contributed by atoms with Crippen LogP contribution in [-0.4, -0.2) is 24.7 Å². The molecule has 6 nitrogen and oxygen atoms in total. The molecule has 2 aromatic rings. The van der Waals surface area contributed by atoms with Gasteiger partial charge in [-0.25, -0.2) is 9.36 Å². The number of aryl methyl sites for hydroxylation is 1. The van der Waals surface area contributed by atoms with Gasteiger partial charge < -0.3 is 5.84 Å². The zero-order valence-electron chi connectivity index (χ0n) is 6.55. The van der Waals surface area contributed by atoms with Gasteiger partial charge in [0.05, 0.1) is 0 Å². The molecular weight excluding hydrogens is 156 g/mol. The molecule has 6 heteroatoms. The summed E-state index contributed by atoms with van der Waals surface area (Å²) in [5.74, 6) is 6.79. The van der Waals surface area contributed by atoms with Crippen molar-refractivity contribution in [1.82, 2.24) is 24.7 Å². The summed E-state index contributed by atoms with van der Waals surface area (Å²) in [4.78, 5) is 0. The fourth-order valence-electron chi connectivity index (χ4n) is 0.901. The predicted molar refractivity (Wildman–Crippen MR) is 42.0 cm³/mol. The van der Waals surface area contributed by atoms with Crippen LogP contribution in [0.15, 0.2) is 18.5 Å². The lowest BCUT2D eigenvalue weighted by molar-refractivity contribution is 0.765. The molecule has 0 aliphatic carbocycles. The quantitative estimate of drug-likeness (QED) is 0.576. The molecule has 0 fully saturated rings. The van der Waals surface area contributed by atoms with Gasteiger partial charge in [0.2, 0.25) is 0 Å². The Bertz CT molecular complexity index is 373. The van der Waals surface area contributed by atoms with Crippen LogP contribution >= 0.6 is 0 Å². The Kier molecular flexibility index (Phi) is 1.33. The van der Waals surface area contributed by atoms with Crippen molar-refractivity contribution >= 4 is 0 Å². The third-order valence-electron chi connectivity index (χ3n) is 1.56. The molecule has 0 aliphatic heterocycles. The van der Waals surface area contributed by atoms with Crippen LogP contribution in [0.3, 0.4) is 0 Å². The Labute approximate surface area is 68.6 Å². The second-order valence-corrected chi connectivity index (χ2v) is 2.37. The Morgan fingerprint density at radius 3 is 2.75 bits per heavy atom. The molecule has 0 atom stereocenters. The van der Waals surface area contributed by atoms with E-state index < -0.39 is 0 Å². The second kappa shape index (κ2) is 2.33. The number of nitrogens with zero attached hydrogens (tertiary/aromatic N) is 5. The minimum Gasteiger partial charge on any atom is -0.335 e. The van der Waals surface area contributed by atoms with Crippen molar-refractivity contribution in [2.75, 3.05) is 5.84 Å². The van der Waals surface area contributed by atoms with E-state index in [2.05, 4.69) is 15.3 Å². The lowest BCUT2D eigenvalue weighted by Crippen LogP contribution is -2.16. The molecule has 0 saturated carbocycles. The normalized spacial score (nSPS) is 10.4. The van der Waals surface area contributed by atoms with Crippen LogP contribution in [0, 0.1) is 6.92 Å². The molecule has 2 aromatic heterocycles. The lowest BCUT2D eigenvalue weighted by atomic mass is 10.7. The van der Waals surface area contributed by atoms with Crippen molar-refractivity contribution in [3.8, 4) is 5.95 Å². The molecule has 0 saturated heterocycles. The van der Waals surface area contributed by atoms with Gasteiger partial charge in [-0.05, 0) is 13.0 Å². The zero-order chi connectivity index (χ0) is 8.55. The average Bonchev–Trinajstić information content (AvgIpc) is 2.64. The van der Waals surface area contributed by atoms with E-state index >= 15 is 0 Å². The average molecular weight is 164 g/mol. The van der Waals surface area contributed by atoms with Crippen LogP contribution in [0.4, 0.5) is 0 Å². The van der Waals surface area contributed by atoms with Crippen molar-refractivity contribution in [3.05, 3.63) is 24.3 Å². The fraction of sp³-hybridized carbons (Fsp3) is 0.167. The van der Waals surface area contributed by atoms with Gasteiger partial charge in [-0.2, -0.15) is 5.10 Å². The standard InChI is InChI=1S/C6H8N6/c1-5-9-10-6(12(5)7)11-4-2-3-8-11/h2-4H,7H2,1H3. The summed E-state index contributed by atoms with van der Waals surface area (Å²) in [6.45, 7) is 1.78. The van der Waals surface area contributed by atoms with Gasteiger partial charge in [-0.3, -0.25) is 0 Å². The van der Waals surface area contributed by atoms with Crippen LogP contribution in [0.1, 0.15) is 5.82 Å². The minimum atomic E-state index is 0.512. The molecule has 12 heavy (non-hydrogen) atoms. The van der Waals surface area contributed by atoms with Crippen molar-refractivity contribution in [3.63, 3.8) is 0 Å². The van der Waals surface area contributed by atoms with Crippen molar-refractivity contribution in [1.29, 1.82) is 0 Å². The SMILES string of the molecule is Cc1nnc(-n2cccn2)n1N. The maximum absolute atomic E-state index is 5.62. The number of aromatic nitrogens is 5. The van der Waals surface area contributed by atoms with Gasteiger partial charge in [0.25, 0.3) is 5.95 Å². The van der Waals surface area contributed by atoms with E-state index in [0.29, 0.717) is 11.8 Å². The van der Waals surface area contributed by atoms with Crippen molar-refractivity contribution < 1.29 is 0 Å². The minimum absolute atomic E-state index is 0.512. The van der Waals surface area contributed by atoms with Gasteiger partial charge in [-0.15, -0.1) is 10.2 Å². The highest BCUT2D eigenvalue weighted by molar-refractivity contribution is 5.11. The highest BCUT2D eigenvalue weighted by atomic mass is 15.5. The topological polar surface area (TPSA) is 74.5 Å². The molecule has 0 spiro atoms. The van der Waals surface area contributed by atoms with Gasteiger partial charge >= 0.3 is 0 Å². The summed E-state index contributed by atoms with van der Waals surface area (Å²) in [5.41, 5.74) is 0. The summed E-state index contributed by atoms with van der Waals surface area (Å²) in [5, 5.41) is 11.6. The van der Waals surface area contributed by atoms with E-state index in [1.165, 1.54) is 4.68 Å². The Morgan fingerprint density at radius 2 is 2.25 bits per heavy atom. The maximum Gasteiger partial charge on any atom is 0.270 e. The molecular formula is C6H8N6. The van der Waals surface area contributed by atoms with E-state index in [-0.39, 0.29) is 0 Å². The number of nitrogen functional groups attached to an aromatic ring is 1. The summed E-state index contributed by atoms with van der Waals surface area (Å²) in [6.07, 6.45) is 3.41. The van der Waals surface area contributed by atoms with Crippen LogP contribution < -0.4 is 5.84 Å².